The van der Waals surface area contributed by atoms with Crippen molar-refractivity contribution in [2.45, 2.75) is 18.9 Å². The summed E-state index contributed by atoms with van der Waals surface area (Å²) in [4.78, 5) is 12.6. The first kappa shape index (κ1) is 14.8. The average molecular weight is 298 g/mol. The van der Waals surface area contributed by atoms with Crippen LogP contribution in [0.25, 0.3) is 0 Å². The minimum absolute atomic E-state index is 0.0175. The van der Waals surface area contributed by atoms with Gasteiger partial charge >= 0.3 is 0 Å². The molecule has 5 nitrogen and oxygen atoms in total. The van der Waals surface area contributed by atoms with Gasteiger partial charge in [0.2, 0.25) is 5.91 Å². The normalized spacial score (nSPS) is 22.5. The molecule has 1 aromatic carbocycles. The quantitative estimate of drug-likeness (QED) is 0.901. The van der Waals surface area contributed by atoms with Gasteiger partial charge in [-0.2, -0.15) is 5.10 Å². The molecule has 3 rings (SSSR count). The van der Waals surface area contributed by atoms with Crippen molar-refractivity contribution in [2.75, 3.05) is 13.1 Å². The average Bonchev–Trinajstić information content (AvgIpc) is 3.16. The highest BCUT2D eigenvalue weighted by Crippen LogP contribution is 2.28. The number of hydrogen-bond acceptors (Lipinski definition) is 3. The zero-order chi connectivity index (χ0) is 15.5. The molecule has 0 bridgehead atoms. The van der Waals surface area contributed by atoms with Crippen LogP contribution in [0.3, 0.4) is 0 Å². The van der Waals surface area contributed by atoms with E-state index in [1.807, 2.05) is 56.7 Å². The predicted octanol–water partition coefficient (Wildman–Crippen LogP) is 1.60. The molecule has 0 aliphatic carbocycles. The fourth-order valence-corrected chi connectivity index (χ4v) is 3.08. The maximum atomic E-state index is 12.6. The number of rotatable bonds is 4. The number of benzene rings is 1. The summed E-state index contributed by atoms with van der Waals surface area (Å²) >= 11 is 0. The number of aromatic nitrogens is 2. The van der Waals surface area contributed by atoms with Gasteiger partial charge in [0.25, 0.3) is 0 Å². The lowest BCUT2D eigenvalue weighted by Gasteiger charge is -2.20. The molecule has 2 heterocycles. The second-order valence-electron chi connectivity index (χ2n) is 5.96. The third-order valence-electron chi connectivity index (χ3n) is 4.36. The smallest absolute Gasteiger partial charge is 0.225 e. The number of nitrogens with one attached hydrogen (secondary N) is 2. The molecule has 1 amide bonds. The Morgan fingerprint density at radius 2 is 2.14 bits per heavy atom. The maximum absolute atomic E-state index is 12.6. The van der Waals surface area contributed by atoms with Gasteiger partial charge < -0.3 is 10.6 Å². The van der Waals surface area contributed by atoms with Gasteiger partial charge in [0.1, 0.15) is 0 Å². The summed E-state index contributed by atoms with van der Waals surface area (Å²) < 4.78 is 1.79. The summed E-state index contributed by atoms with van der Waals surface area (Å²) in [7, 11) is 1.90. The maximum Gasteiger partial charge on any atom is 0.225 e. The molecule has 1 unspecified atom stereocenters. The number of nitrogens with zero attached hydrogens (tertiary/aromatic N) is 2. The first-order valence-corrected chi connectivity index (χ1v) is 7.69. The van der Waals surface area contributed by atoms with Crippen LogP contribution in [0.4, 0.5) is 0 Å². The van der Waals surface area contributed by atoms with Gasteiger partial charge in [0, 0.05) is 32.3 Å². The molecule has 0 spiro atoms. The van der Waals surface area contributed by atoms with Gasteiger partial charge in [0.15, 0.2) is 0 Å². The van der Waals surface area contributed by atoms with E-state index in [0.717, 1.165) is 17.7 Å². The Bertz CT molecular complexity index is 637. The van der Waals surface area contributed by atoms with E-state index in [-0.39, 0.29) is 23.8 Å². The number of aryl methyl sites for hydroxylation is 1. The third-order valence-corrected chi connectivity index (χ3v) is 4.36. The zero-order valence-corrected chi connectivity index (χ0v) is 13.0. The van der Waals surface area contributed by atoms with Crippen LogP contribution in [0.1, 0.15) is 30.0 Å². The molecule has 22 heavy (non-hydrogen) atoms. The lowest BCUT2D eigenvalue weighted by Crippen LogP contribution is -2.35. The summed E-state index contributed by atoms with van der Waals surface area (Å²) in [6.07, 6.45) is 3.86. The number of carbonyl (C=O) groups is 1. The molecular formula is C17H22N4O. The van der Waals surface area contributed by atoms with E-state index in [2.05, 4.69) is 15.7 Å². The van der Waals surface area contributed by atoms with Crippen LogP contribution in [0, 0.1) is 5.92 Å². The van der Waals surface area contributed by atoms with E-state index in [1.54, 1.807) is 4.68 Å². The molecule has 0 radical (unpaired) electrons. The Morgan fingerprint density at radius 1 is 1.36 bits per heavy atom. The van der Waals surface area contributed by atoms with Crippen molar-refractivity contribution in [2.24, 2.45) is 13.0 Å². The molecule has 0 saturated carbocycles. The first-order chi connectivity index (χ1) is 10.6. The SMILES string of the molecule is CC(NC(=O)[C@H]1CNC[C@@H]1c1cnn(C)c1)c1ccccc1. The van der Waals surface area contributed by atoms with E-state index >= 15 is 0 Å². The largest absolute Gasteiger partial charge is 0.349 e. The van der Waals surface area contributed by atoms with E-state index in [1.165, 1.54) is 0 Å². The fraction of sp³-hybridized carbons (Fsp3) is 0.412. The summed E-state index contributed by atoms with van der Waals surface area (Å²) in [5, 5.41) is 10.7. The highest BCUT2D eigenvalue weighted by Gasteiger charge is 2.35. The minimum Gasteiger partial charge on any atom is -0.349 e. The monoisotopic (exact) mass is 298 g/mol. The Labute approximate surface area is 130 Å². The van der Waals surface area contributed by atoms with Crippen LogP contribution < -0.4 is 10.6 Å². The van der Waals surface area contributed by atoms with Crippen molar-refractivity contribution >= 4 is 5.91 Å². The Kier molecular flexibility index (Phi) is 4.24. The molecule has 3 atom stereocenters. The molecule has 1 aromatic heterocycles. The minimum atomic E-state index is -0.0460. The van der Waals surface area contributed by atoms with Gasteiger partial charge in [-0.25, -0.2) is 0 Å². The number of hydrogen-bond donors (Lipinski definition) is 2. The van der Waals surface area contributed by atoms with Crippen molar-refractivity contribution in [3.05, 3.63) is 53.9 Å². The van der Waals surface area contributed by atoms with Crippen LogP contribution in [0.5, 0.6) is 0 Å². The van der Waals surface area contributed by atoms with Crippen LogP contribution in [0.15, 0.2) is 42.7 Å². The molecule has 116 valence electrons. The molecule has 2 N–H and O–H groups in total. The second kappa shape index (κ2) is 6.32. The summed E-state index contributed by atoms with van der Waals surface area (Å²) in [5.41, 5.74) is 2.25. The molecule has 2 aromatic rings. The number of amides is 1. The molecule has 5 heteroatoms. The van der Waals surface area contributed by atoms with Crippen molar-refractivity contribution < 1.29 is 4.79 Å². The summed E-state index contributed by atoms with van der Waals surface area (Å²) in [6, 6.07) is 10.1. The highest BCUT2D eigenvalue weighted by atomic mass is 16.2. The second-order valence-corrected chi connectivity index (χ2v) is 5.96. The van der Waals surface area contributed by atoms with Crippen LogP contribution in [-0.2, 0) is 11.8 Å². The van der Waals surface area contributed by atoms with Crippen LogP contribution in [0.2, 0.25) is 0 Å². The van der Waals surface area contributed by atoms with Crippen molar-refractivity contribution in [3.63, 3.8) is 0 Å². The lowest BCUT2D eigenvalue weighted by molar-refractivity contribution is -0.125. The van der Waals surface area contributed by atoms with Crippen molar-refractivity contribution in [1.29, 1.82) is 0 Å². The van der Waals surface area contributed by atoms with Gasteiger partial charge in [-0.05, 0) is 18.1 Å². The number of carbonyl (C=O) groups excluding carboxylic acids is 1. The molecule has 1 fully saturated rings. The molecule has 1 aliphatic heterocycles. The standard InChI is InChI=1S/C17H22N4O/c1-12(13-6-4-3-5-7-13)20-17(22)16-10-18-9-15(16)14-8-19-21(2)11-14/h3-8,11-12,15-16,18H,9-10H2,1-2H3,(H,20,22)/t12?,15-,16+/m1/s1. The molecule has 1 saturated heterocycles. The Morgan fingerprint density at radius 3 is 2.82 bits per heavy atom. The van der Waals surface area contributed by atoms with Crippen molar-refractivity contribution in [1.82, 2.24) is 20.4 Å². The third kappa shape index (κ3) is 3.04. The van der Waals surface area contributed by atoms with Gasteiger partial charge in [-0.15, -0.1) is 0 Å². The Balaban J connectivity index is 1.69. The van der Waals surface area contributed by atoms with E-state index in [4.69, 9.17) is 0 Å². The predicted molar refractivity (Wildman–Crippen MR) is 85.3 cm³/mol. The highest BCUT2D eigenvalue weighted by molar-refractivity contribution is 5.80. The van der Waals surface area contributed by atoms with E-state index < -0.39 is 0 Å². The fourth-order valence-electron chi connectivity index (χ4n) is 3.08. The van der Waals surface area contributed by atoms with E-state index in [9.17, 15) is 4.79 Å². The van der Waals surface area contributed by atoms with Crippen LogP contribution >= 0.6 is 0 Å². The van der Waals surface area contributed by atoms with Crippen molar-refractivity contribution in [3.8, 4) is 0 Å². The van der Waals surface area contributed by atoms with Gasteiger partial charge in [-0.3, -0.25) is 9.48 Å². The summed E-state index contributed by atoms with van der Waals surface area (Å²) in [5.74, 6) is 0.252. The topological polar surface area (TPSA) is 59.0 Å². The molecule has 1 aliphatic rings. The van der Waals surface area contributed by atoms with E-state index in [0.29, 0.717) is 6.54 Å². The van der Waals surface area contributed by atoms with Gasteiger partial charge in [0.05, 0.1) is 18.2 Å². The van der Waals surface area contributed by atoms with Crippen LogP contribution in [-0.4, -0.2) is 28.8 Å². The zero-order valence-electron chi connectivity index (χ0n) is 13.0. The lowest BCUT2D eigenvalue weighted by atomic mass is 9.90. The summed E-state index contributed by atoms with van der Waals surface area (Å²) in [6.45, 7) is 3.56. The Hall–Kier alpha value is -2.14. The molecular weight excluding hydrogens is 276 g/mol. The first-order valence-electron chi connectivity index (χ1n) is 7.69. The van der Waals surface area contributed by atoms with Gasteiger partial charge in [-0.1, -0.05) is 30.3 Å².